The molecule has 3 aromatic rings. The first-order valence-corrected chi connectivity index (χ1v) is 8.84. The molecule has 0 unspecified atom stereocenters. The molecule has 0 spiro atoms. The molecule has 1 amide bonds. The van der Waals surface area contributed by atoms with E-state index < -0.39 is 0 Å². The van der Waals surface area contributed by atoms with Crippen LogP contribution in [0.5, 0.6) is 5.75 Å². The summed E-state index contributed by atoms with van der Waals surface area (Å²) in [7, 11) is 0. The molecule has 0 fully saturated rings. The van der Waals surface area contributed by atoms with Gasteiger partial charge in [0.2, 0.25) is 0 Å². The number of nitrogens with zero attached hydrogens (tertiary/aromatic N) is 2. The van der Waals surface area contributed by atoms with Gasteiger partial charge in [-0.2, -0.15) is 4.99 Å². The summed E-state index contributed by atoms with van der Waals surface area (Å²) in [6, 6.07) is 15.4. The Morgan fingerprint density at radius 3 is 2.80 bits per heavy atom. The molecule has 5 heteroatoms. The van der Waals surface area contributed by atoms with Gasteiger partial charge in [-0.05, 0) is 36.2 Å². The molecule has 126 valence electrons. The van der Waals surface area contributed by atoms with E-state index in [1.807, 2.05) is 28.8 Å². The maximum Gasteiger partial charge on any atom is 0.286 e. The van der Waals surface area contributed by atoms with Crippen LogP contribution in [0.4, 0.5) is 0 Å². The third-order valence-corrected chi connectivity index (χ3v) is 4.77. The van der Waals surface area contributed by atoms with Crippen LogP contribution >= 0.6 is 11.3 Å². The van der Waals surface area contributed by atoms with Crippen LogP contribution in [-0.4, -0.2) is 17.1 Å². The number of aryl methyl sites for hydroxylation is 1. The van der Waals surface area contributed by atoms with Crippen molar-refractivity contribution in [2.75, 3.05) is 6.61 Å². The number of aromatic nitrogens is 1. The van der Waals surface area contributed by atoms with Gasteiger partial charge in [0.05, 0.1) is 16.8 Å². The van der Waals surface area contributed by atoms with Gasteiger partial charge in [-0.15, -0.1) is 6.42 Å². The smallest absolute Gasteiger partial charge is 0.286 e. The number of thiazole rings is 1. The number of rotatable bonds is 5. The summed E-state index contributed by atoms with van der Waals surface area (Å²) < 4.78 is 8.43. The number of carbonyl (C=O) groups is 1. The molecule has 0 bridgehead atoms. The molecule has 0 aliphatic rings. The van der Waals surface area contributed by atoms with Crippen LogP contribution in [0.15, 0.2) is 53.5 Å². The molecular weight excluding hydrogens is 332 g/mol. The van der Waals surface area contributed by atoms with Crippen LogP contribution in [0.1, 0.15) is 12.5 Å². The monoisotopic (exact) mass is 350 g/mol. The van der Waals surface area contributed by atoms with Crippen molar-refractivity contribution in [1.29, 1.82) is 0 Å². The topological polar surface area (TPSA) is 43.6 Å². The summed E-state index contributed by atoms with van der Waals surface area (Å²) >= 11 is 1.47. The molecule has 1 aromatic heterocycles. The fraction of sp³-hybridized carbons (Fsp3) is 0.200. The van der Waals surface area contributed by atoms with Crippen molar-refractivity contribution in [3.63, 3.8) is 0 Å². The van der Waals surface area contributed by atoms with Crippen molar-refractivity contribution >= 4 is 27.5 Å². The molecule has 0 aliphatic carbocycles. The number of amides is 1. The fourth-order valence-corrected chi connectivity index (χ4v) is 3.58. The zero-order chi connectivity index (χ0) is 17.6. The van der Waals surface area contributed by atoms with Gasteiger partial charge in [-0.1, -0.05) is 48.4 Å². The van der Waals surface area contributed by atoms with Crippen molar-refractivity contribution in [1.82, 2.24) is 4.57 Å². The first kappa shape index (κ1) is 17.0. The van der Waals surface area contributed by atoms with Crippen molar-refractivity contribution in [3.8, 4) is 18.1 Å². The van der Waals surface area contributed by atoms with E-state index in [-0.39, 0.29) is 12.5 Å². The SMILES string of the molecule is C#CCn1c(=NC(=O)COc2ccccc2)sc2cc(CC)ccc21. The van der Waals surface area contributed by atoms with Crippen LogP contribution in [0.2, 0.25) is 0 Å². The van der Waals surface area contributed by atoms with Gasteiger partial charge in [0.1, 0.15) is 5.75 Å². The van der Waals surface area contributed by atoms with Crippen LogP contribution in [-0.2, 0) is 17.8 Å². The molecule has 0 radical (unpaired) electrons. The average Bonchev–Trinajstić information content (AvgIpc) is 2.97. The molecule has 1 heterocycles. The molecule has 3 rings (SSSR count). The lowest BCUT2D eigenvalue weighted by Crippen LogP contribution is -2.19. The summed E-state index contributed by atoms with van der Waals surface area (Å²) in [5, 5.41) is 0. The minimum atomic E-state index is -0.336. The van der Waals surface area contributed by atoms with Gasteiger partial charge >= 0.3 is 0 Å². The molecule has 4 nitrogen and oxygen atoms in total. The first-order valence-electron chi connectivity index (χ1n) is 8.02. The molecule has 25 heavy (non-hydrogen) atoms. The number of hydrogen-bond acceptors (Lipinski definition) is 3. The molecule has 0 atom stereocenters. The Kier molecular flexibility index (Phi) is 5.32. The van der Waals surface area contributed by atoms with Crippen LogP contribution in [0.3, 0.4) is 0 Å². The highest BCUT2D eigenvalue weighted by Gasteiger charge is 2.08. The Bertz CT molecular complexity index is 994. The van der Waals surface area contributed by atoms with Gasteiger partial charge in [-0.3, -0.25) is 4.79 Å². The molecule has 0 aliphatic heterocycles. The Balaban J connectivity index is 1.90. The van der Waals surface area contributed by atoms with Crippen molar-refractivity contribution in [3.05, 3.63) is 58.9 Å². The standard InChI is InChI=1S/C20H18N2O2S/c1-3-12-22-17-11-10-15(4-2)13-18(17)25-20(22)21-19(23)14-24-16-8-6-5-7-9-16/h1,5-11,13H,4,12,14H2,2H3. The predicted molar refractivity (Wildman–Crippen MR) is 101 cm³/mol. The second kappa shape index (κ2) is 7.82. The Labute approximate surface area is 150 Å². The first-order chi connectivity index (χ1) is 12.2. The van der Waals surface area contributed by atoms with Crippen LogP contribution in [0.25, 0.3) is 10.2 Å². The normalized spacial score (nSPS) is 11.4. The lowest BCUT2D eigenvalue weighted by Gasteiger charge is -2.02. The van der Waals surface area contributed by atoms with Crippen LogP contribution in [0, 0.1) is 12.3 Å². The van der Waals surface area contributed by atoms with E-state index in [2.05, 4.69) is 30.0 Å². The quantitative estimate of drug-likeness (QED) is 0.662. The minimum absolute atomic E-state index is 0.103. The number of para-hydroxylation sites is 1. The minimum Gasteiger partial charge on any atom is -0.484 e. The third-order valence-electron chi connectivity index (χ3n) is 3.73. The summed E-state index contributed by atoms with van der Waals surface area (Å²) in [4.78, 5) is 17.0. The second-order valence-corrected chi connectivity index (χ2v) is 6.45. The maximum absolute atomic E-state index is 12.2. The van der Waals surface area contributed by atoms with Crippen molar-refractivity contribution < 1.29 is 9.53 Å². The van der Waals surface area contributed by atoms with Gasteiger partial charge in [0, 0.05) is 0 Å². The number of carbonyl (C=O) groups excluding carboxylic acids is 1. The number of fused-ring (bicyclic) bond motifs is 1. The van der Waals surface area contributed by atoms with Crippen molar-refractivity contribution in [2.45, 2.75) is 19.9 Å². The lowest BCUT2D eigenvalue weighted by molar-refractivity contribution is -0.120. The number of ether oxygens (including phenoxy) is 1. The Hall–Kier alpha value is -2.84. The third kappa shape index (κ3) is 3.98. The van der Waals surface area contributed by atoms with E-state index in [1.165, 1.54) is 16.9 Å². The van der Waals surface area contributed by atoms with Crippen molar-refractivity contribution in [2.24, 2.45) is 4.99 Å². The van der Waals surface area contributed by atoms with E-state index in [0.29, 0.717) is 17.1 Å². The second-order valence-electron chi connectivity index (χ2n) is 5.44. The van der Waals surface area contributed by atoms with E-state index in [0.717, 1.165) is 16.6 Å². The number of benzene rings is 2. The maximum atomic E-state index is 12.2. The number of hydrogen-bond donors (Lipinski definition) is 0. The highest BCUT2D eigenvalue weighted by Crippen LogP contribution is 2.19. The molecule has 0 N–H and O–H groups in total. The highest BCUT2D eigenvalue weighted by atomic mass is 32.1. The molecule has 0 saturated heterocycles. The summed E-state index contributed by atoms with van der Waals surface area (Å²) in [6.45, 7) is 2.38. The van der Waals surface area contributed by atoms with Crippen LogP contribution < -0.4 is 9.54 Å². The summed E-state index contributed by atoms with van der Waals surface area (Å²) in [5.41, 5.74) is 2.24. The predicted octanol–water partition coefficient (Wildman–Crippen LogP) is 3.40. The largest absolute Gasteiger partial charge is 0.484 e. The fourth-order valence-electron chi connectivity index (χ4n) is 2.47. The molecular formula is C20H18N2O2S. The highest BCUT2D eigenvalue weighted by molar-refractivity contribution is 7.16. The van der Waals surface area contributed by atoms with Gasteiger partial charge in [0.15, 0.2) is 11.4 Å². The average molecular weight is 350 g/mol. The zero-order valence-electron chi connectivity index (χ0n) is 13.9. The van der Waals surface area contributed by atoms with E-state index in [1.54, 1.807) is 12.1 Å². The molecule has 0 saturated carbocycles. The Morgan fingerprint density at radius 2 is 2.08 bits per heavy atom. The van der Waals surface area contributed by atoms with Gasteiger partial charge in [0.25, 0.3) is 5.91 Å². The van der Waals surface area contributed by atoms with E-state index in [9.17, 15) is 4.79 Å². The van der Waals surface area contributed by atoms with Gasteiger partial charge in [-0.25, -0.2) is 0 Å². The summed E-state index contributed by atoms with van der Waals surface area (Å²) in [6.07, 6.45) is 6.44. The molecule has 2 aromatic carbocycles. The number of terminal acetylenes is 1. The summed E-state index contributed by atoms with van der Waals surface area (Å²) in [5.74, 6) is 2.94. The zero-order valence-corrected chi connectivity index (χ0v) is 14.8. The lowest BCUT2D eigenvalue weighted by atomic mass is 10.2. The van der Waals surface area contributed by atoms with E-state index >= 15 is 0 Å². The Morgan fingerprint density at radius 1 is 1.28 bits per heavy atom. The van der Waals surface area contributed by atoms with E-state index in [4.69, 9.17) is 11.2 Å². The van der Waals surface area contributed by atoms with Gasteiger partial charge < -0.3 is 9.30 Å².